The molecule has 0 spiro atoms. The van der Waals surface area contributed by atoms with Gasteiger partial charge in [-0.2, -0.15) is 13.2 Å². The Kier molecular flexibility index (Phi) is 3.33. The van der Waals surface area contributed by atoms with Crippen LogP contribution >= 0.6 is 0 Å². The molecule has 4 nitrogen and oxygen atoms in total. The Morgan fingerprint density at radius 3 is 2.60 bits per heavy atom. The minimum Gasteiger partial charge on any atom is -0.481 e. The van der Waals surface area contributed by atoms with E-state index >= 15 is 0 Å². The largest absolute Gasteiger partial charge is 0.481 e. The quantitative estimate of drug-likeness (QED) is 0.844. The molecule has 1 aromatic heterocycles. The van der Waals surface area contributed by atoms with E-state index in [9.17, 15) is 13.2 Å². The van der Waals surface area contributed by atoms with Crippen LogP contribution in [0.15, 0.2) is 6.33 Å². The normalized spacial score (nSPS) is 11.3. The van der Waals surface area contributed by atoms with E-state index in [0.29, 0.717) is 5.56 Å². The lowest BCUT2D eigenvalue weighted by Gasteiger charge is -2.11. The van der Waals surface area contributed by atoms with Crippen LogP contribution in [0.25, 0.3) is 0 Å². The predicted octanol–water partition coefficient (Wildman–Crippen LogP) is 1.77. The molecular weight excluding hydrogens is 211 g/mol. The fraction of sp³-hybridized carbons (Fsp3) is 0.500. The molecule has 0 radical (unpaired) electrons. The third-order valence-electron chi connectivity index (χ3n) is 1.69. The Bertz CT molecular complexity index is 340. The summed E-state index contributed by atoms with van der Waals surface area (Å²) in [6, 6.07) is 0. The van der Waals surface area contributed by atoms with Crippen LogP contribution in [0.4, 0.5) is 19.0 Å². The van der Waals surface area contributed by atoms with E-state index < -0.39 is 12.7 Å². The SMILES string of the molecule is COc1ncnc(NCC(F)(F)F)c1C. The summed E-state index contributed by atoms with van der Waals surface area (Å²) in [5.41, 5.74) is 0.448. The highest BCUT2D eigenvalue weighted by Gasteiger charge is 2.27. The Labute approximate surface area is 84.5 Å². The van der Waals surface area contributed by atoms with Crippen LogP contribution in [0.2, 0.25) is 0 Å². The molecule has 0 fully saturated rings. The summed E-state index contributed by atoms with van der Waals surface area (Å²) < 4.78 is 40.6. The number of halogens is 3. The molecule has 0 atom stereocenters. The molecule has 0 aliphatic rings. The minimum atomic E-state index is -4.27. The van der Waals surface area contributed by atoms with Crippen molar-refractivity contribution >= 4 is 5.82 Å². The van der Waals surface area contributed by atoms with Gasteiger partial charge in [0.05, 0.1) is 12.7 Å². The van der Waals surface area contributed by atoms with Gasteiger partial charge in [-0.25, -0.2) is 9.97 Å². The van der Waals surface area contributed by atoms with Gasteiger partial charge < -0.3 is 10.1 Å². The number of anilines is 1. The Morgan fingerprint density at radius 2 is 2.07 bits per heavy atom. The van der Waals surface area contributed by atoms with E-state index in [0.717, 1.165) is 6.33 Å². The average molecular weight is 221 g/mol. The van der Waals surface area contributed by atoms with Gasteiger partial charge in [-0.05, 0) is 6.92 Å². The number of hydrogen-bond donors (Lipinski definition) is 1. The molecule has 0 aromatic carbocycles. The van der Waals surface area contributed by atoms with Crippen molar-refractivity contribution in [1.82, 2.24) is 9.97 Å². The van der Waals surface area contributed by atoms with Gasteiger partial charge in [0.25, 0.3) is 0 Å². The Morgan fingerprint density at radius 1 is 1.40 bits per heavy atom. The van der Waals surface area contributed by atoms with Crippen LogP contribution in [-0.4, -0.2) is 29.8 Å². The molecule has 1 N–H and O–H groups in total. The fourth-order valence-corrected chi connectivity index (χ4v) is 1.00. The monoisotopic (exact) mass is 221 g/mol. The molecule has 0 saturated heterocycles. The zero-order valence-electron chi connectivity index (χ0n) is 8.22. The summed E-state index contributed by atoms with van der Waals surface area (Å²) in [6.45, 7) is 0.450. The van der Waals surface area contributed by atoms with Gasteiger partial charge in [-0.1, -0.05) is 0 Å². The number of ether oxygens (including phenoxy) is 1. The van der Waals surface area contributed by atoms with Crippen LogP contribution < -0.4 is 10.1 Å². The number of rotatable bonds is 3. The number of hydrogen-bond acceptors (Lipinski definition) is 4. The van der Waals surface area contributed by atoms with Crippen LogP contribution in [-0.2, 0) is 0 Å². The number of methoxy groups -OCH3 is 1. The average Bonchev–Trinajstić information content (AvgIpc) is 2.15. The van der Waals surface area contributed by atoms with Crippen molar-refractivity contribution in [2.24, 2.45) is 0 Å². The maximum Gasteiger partial charge on any atom is 0.405 e. The van der Waals surface area contributed by atoms with Gasteiger partial charge in [-0.15, -0.1) is 0 Å². The summed E-state index contributed by atoms with van der Waals surface area (Å²) >= 11 is 0. The second kappa shape index (κ2) is 4.33. The van der Waals surface area contributed by atoms with Crippen molar-refractivity contribution in [3.63, 3.8) is 0 Å². The smallest absolute Gasteiger partial charge is 0.405 e. The molecule has 1 rings (SSSR count). The van der Waals surface area contributed by atoms with Gasteiger partial charge in [0, 0.05) is 0 Å². The first kappa shape index (κ1) is 11.5. The maximum absolute atomic E-state index is 11.9. The van der Waals surface area contributed by atoms with Crippen LogP contribution in [0, 0.1) is 6.92 Å². The summed E-state index contributed by atoms with van der Waals surface area (Å²) in [5, 5.41) is 2.17. The third kappa shape index (κ3) is 3.26. The van der Waals surface area contributed by atoms with Crippen molar-refractivity contribution in [3.05, 3.63) is 11.9 Å². The highest BCUT2D eigenvalue weighted by atomic mass is 19.4. The molecule has 0 aliphatic heterocycles. The molecule has 84 valence electrons. The van der Waals surface area contributed by atoms with Crippen molar-refractivity contribution < 1.29 is 17.9 Å². The van der Waals surface area contributed by atoms with Gasteiger partial charge in [0.2, 0.25) is 5.88 Å². The van der Waals surface area contributed by atoms with E-state index in [2.05, 4.69) is 15.3 Å². The number of aromatic nitrogens is 2. The van der Waals surface area contributed by atoms with Gasteiger partial charge >= 0.3 is 6.18 Å². The van der Waals surface area contributed by atoms with Crippen molar-refractivity contribution in [3.8, 4) is 5.88 Å². The lowest BCUT2D eigenvalue weighted by Crippen LogP contribution is -2.22. The van der Waals surface area contributed by atoms with E-state index in [1.807, 2.05) is 0 Å². The lowest BCUT2D eigenvalue weighted by atomic mass is 10.3. The highest BCUT2D eigenvalue weighted by molar-refractivity contribution is 5.47. The number of alkyl halides is 3. The molecule has 1 heterocycles. The Hall–Kier alpha value is -1.53. The summed E-state index contributed by atoms with van der Waals surface area (Å²) in [5.74, 6) is 0.383. The second-order valence-electron chi connectivity index (χ2n) is 2.83. The van der Waals surface area contributed by atoms with Crippen molar-refractivity contribution in [1.29, 1.82) is 0 Å². The number of nitrogens with zero attached hydrogens (tertiary/aromatic N) is 2. The zero-order valence-corrected chi connectivity index (χ0v) is 8.22. The summed E-state index contributed by atoms with van der Waals surface area (Å²) in [6.07, 6.45) is -3.13. The van der Waals surface area contributed by atoms with Gasteiger partial charge in [0.15, 0.2) is 0 Å². The molecule has 7 heteroatoms. The van der Waals surface area contributed by atoms with Crippen molar-refractivity contribution in [2.75, 3.05) is 19.0 Å². The van der Waals surface area contributed by atoms with Crippen LogP contribution in [0.1, 0.15) is 5.56 Å². The van der Waals surface area contributed by atoms with Gasteiger partial charge in [-0.3, -0.25) is 0 Å². The molecule has 1 aromatic rings. The first-order chi connectivity index (χ1) is 6.94. The molecule has 0 saturated carbocycles. The van der Waals surface area contributed by atoms with Crippen LogP contribution in [0.3, 0.4) is 0 Å². The summed E-state index contributed by atoms with van der Waals surface area (Å²) in [7, 11) is 1.39. The predicted molar refractivity (Wildman–Crippen MR) is 47.9 cm³/mol. The summed E-state index contributed by atoms with van der Waals surface area (Å²) in [4.78, 5) is 7.43. The zero-order chi connectivity index (χ0) is 11.5. The molecule has 0 amide bonds. The van der Waals surface area contributed by atoms with E-state index in [1.54, 1.807) is 6.92 Å². The number of nitrogens with one attached hydrogen (secondary N) is 1. The van der Waals surface area contributed by atoms with E-state index in [-0.39, 0.29) is 11.7 Å². The molecule has 0 unspecified atom stereocenters. The molecule has 15 heavy (non-hydrogen) atoms. The van der Waals surface area contributed by atoms with E-state index in [1.165, 1.54) is 7.11 Å². The molecule has 0 aliphatic carbocycles. The highest BCUT2D eigenvalue weighted by Crippen LogP contribution is 2.21. The topological polar surface area (TPSA) is 47.0 Å². The third-order valence-corrected chi connectivity index (χ3v) is 1.69. The maximum atomic E-state index is 11.9. The fourth-order valence-electron chi connectivity index (χ4n) is 1.00. The first-order valence-corrected chi connectivity index (χ1v) is 4.10. The minimum absolute atomic E-state index is 0.124. The molecule has 0 bridgehead atoms. The first-order valence-electron chi connectivity index (χ1n) is 4.10. The lowest BCUT2D eigenvalue weighted by molar-refractivity contribution is -0.115. The Balaban J connectivity index is 2.78. The standard InChI is InChI=1S/C8H10F3N3O/c1-5-6(12-3-8(9,10)11)13-4-14-7(5)15-2/h4H,3H2,1-2H3,(H,12,13,14). The van der Waals surface area contributed by atoms with Crippen LogP contribution in [0.5, 0.6) is 5.88 Å². The van der Waals surface area contributed by atoms with E-state index in [4.69, 9.17) is 4.74 Å². The molecular formula is C8H10F3N3O. The van der Waals surface area contributed by atoms with Crippen molar-refractivity contribution in [2.45, 2.75) is 13.1 Å². The second-order valence-corrected chi connectivity index (χ2v) is 2.83. The van der Waals surface area contributed by atoms with Gasteiger partial charge in [0.1, 0.15) is 18.7 Å².